The number of hydrogen-bond acceptors (Lipinski definition) is 4. The molecule has 7 heteroatoms. The third-order valence-corrected chi connectivity index (χ3v) is 5.39. The molecule has 1 fully saturated rings. The minimum atomic E-state index is -0.311. The second kappa shape index (κ2) is 10.2. The second-order valence-electron chi connectivity index (χ2n) is 6.88. The van der Waals surface area contributed by atoms with Crippen LogP contribution in [0.15, 0.2) is 24.3 Å². The van der Waals surface area contributed by atoms with Crippen LogP contribution < -0.4 is 25.6 Å². The van der Waals surface area contributed by atoms with Crippen LogP contribution in [0.1, 0.15) is 38.7 Å². The summed E-state index contributed by atoms with van der Waals surface area (Å²) < 4.78 is 10.6. The molecule has 3 N–H and O–H groups in total. The first-order valence-corrected chi connectivity index (χ1v) is 9.62. The molecule has 0 aromatic heterocycles. The van der Waals surface area contributed by atoms with Gasteiger partial charge in [-0.3, -0.25) is 15.6 Å². The Morgan fingerprint density at radius 1 is 1.19 bits per heavy atom. The largest absolute Gasteiger partial charge is 0.493 e. The summed E-state index contributed by atoms with van der Waals surface area (Å²) in [6.45, 7) is 4.52. The van der Waals surface area contributed by atoms with Gasteiger partial charge >= 0.3 is 0 Å². The van der Waals surface area contributed by atoms with Crippen molar-refractivity contribution in [2.45, 2.75) is 39.2 Å². The highest BCUT2D eigenvalue weighted by molar-refractivity contribution is 7.80. The second-order valence-corrected chi connectivity index (χ2v) is 7.29. The summed E-state index contributed by atoms with van der Waals surface area (Å²) in [6.07, 6.45) is 6.63. The summed E-state index contributed by atoms with van der Waals surface area (Å²) in [4.78, 5) is 12.1. The Kier molecular flexibility index (Phi) is 7.91. The smallest absolute Gasteiger partial charge is 0.262 e. The fourth-order valence-electron chi connectivity index (χ4n) is 3.36. The highest BCUT2D eigenvalue weighted by Crippen LogP contribution is 2.31. The Morgan fingerprint density at radius 2 is 1.96 bits per heavy atom. The van der Waals surface area contributed by atoms with Gasteiger partial charge in [0, 0.05) is 17.7 Å². The first kappa shape index (κ1) is 21.0. The van der Waals surface area contributed by atoms with Crippen LogP contribution in [0.2, 0.25) is 0 Å². The predicted octanol–water partition coefficient (Wildman–Crippen LogP) is 3.04. The average Bonchev–Trinajstić information content (AvgIpc) is 2.67. The molecule has 1 saturated carbocycles. The van der Waals surface area contributed by atoms with Gasteiger partial charge in [0.15, 0.2) is 16.6 Å². The van der Waals surface area contributed by atoms with Crippen molar-refractivity contribution in [2.75, 3.05) is 14.2 Å². The fraction of sp³-hybridized carbons (Fsp3) is 0.500. The van der Waals surface area contributed by atoms with E-state index in [9.17, 15) is 4.79 Å². The van der Waals surface area contributed by atoms with E-state index >= 15 is 0 Å². The maximum atomic E-state index is 12.1. The number of methoxy groups -OCH3 is 2. The number of amides is 1. The van der Waals surface area contributed by atoms with Crippen LogP contribution in [-0.2, 0) is 4.79 Å². The molecule has 1 aromatic carbocycles. The van der Waals surface area contributed by atoms with Crippen molar-refractivity contribution in [1.29, 1.82) is 0 Å². The van der Waals surface area contributed by atoms with E-state index < -0.39 is 0 Å². The Labute approximate surface area is 166 Å². The number of hydrazine groups is 1. The lowest BCUT2D eigenvalue weighted by atomic mass is 9.78. The van der Waals surface area contributed by atoms with Gasteiger partial charge < -0.3 is 14.8 Å². The number of nitrogens with one attached hydrogen (secondary N) is 3. The quantitative estimate of drug-likeness (QED) is 0.407. The Hall–Kier alpha value is -2.28. The standard InChI is InChI=1S/C20H29N3O3S/c1-13-7-5-9-16(14(13)2)21-20(27)23-22-18(24)12-11-15-8-6-10-17(25-3)19(15)26-4/h6,8,10-14,16H,5,7,9H2,1-4H3,(H,22,24)(H2,21,23,27)/b12-11+/t13-,14+,16+/m0/s1. The van der Waals surface area contributed by atoms with Gasteiger partial charge in [-0.15, -0.1) is 0 Å². The zero-order valence-electron chi connectivity index (χ0n) is 16.4. The van der Waals surface area contributed by atoms with Crippen LogP contribution in [0.3, 0.4) is 0 Å². The van der Waals surface area contributed by atoms with Gasteiger partial charge in [0.1, 0.15) is 0 Å². The van der Waals surface area contributed by atoms with Crippen molar-refractivity contribution in [3.8, 4) is 11.5 Å². The van der Waals surface area contributed by atoms with Crippen LogP contribution in [0.25, 0.3) is 6.08 Å². The van der Waals surface area contributed by atoms with Crippen molar-refractivity contribution in [2.24, 2.45) is 11.8 Å². The van der Waals surface area contributed by atoms with E-state index in [0.29, 0.717) is 34.5 Å². The van der Waals surface area contributed by atoms with Gasteiger partial charge in [-0.2, -0.15) is 0 Å². The lowest BCUT2D eigenvalue weighted by Gasteiger charge is -2.35. The summed E-state index contributed by atoms with van der Waals surface area (Å²) >= 11 is 5.30. The molecule has 0 heterocycles. The Morgan fingerprint density at radius 3 is 2.67 bits per heavy atom. The molecule has 3 atom stereocenters. The summed E-state index contributed by atoms with van der Waals surface area (Å²) in [7, 11) is 3.14. The number of hydrogen-bond donors (Lipinski definition) is 3. The van der Waals surface area contributed by atoms with Gasteiger partial charge in [-0.05, 0) is 42.6 Å². The Balaban J connectivity index is 1.85. The molecular weight excluding hydrogens is 362 g/mol. The van der Waals surface area contributed by atoms with Gasteiger partial charge in [0.05, 0.1) is 14.2 Å². The van der Waals surface area contributed by atoms with E-state index in [2.05, 4.69) is 30.0 Å². The highest BCUT2D eigenvalue weighted by atomic mass is 32.1. The van der Waals surface area contributed by atoms with Gasteiger partial charge in [0.2, 0.25) is 0 Å². The van der Waals surface area contributed by atoms with E-state index in [-0.39, 0.29) is 5.91 Å². The number of carbonyl (C=O) groups is 1. The molecule has 1 aromatic rings. The van der Waals surface area contributed by atoms with Gasteiger partial charge in [0.25, 0.3) is 5.91 Å². The van der Waals surface area contributed by atoms with Crippen molar-refractivity contribution in [3.63, 3.8) is 0 Å². The van der Waals surface area contributed by atoms with Gasteiger partial charge in [-0.1, -0.05) is 38.8 Å². The topological polar surface area (TPSA) is 71.6 Å². The molecule has 148 valence electrons. The van der Waals surface area contributed by atoms with Crippen LogP contribution in [0.5, 0.6) is 11.5 Å². The van der Waals surface area contributed by atoms with E-state index in [1.807, 2.05) is 12.1 Å². The first-order chi connectivity index (χ1) is 13.0. The summed E-state index contributed by atoms with van der Waals surface area (Å²) in [5, 5.41) is 3.74. The van der Waals surface area contributed by atoms with Crippen molar-refractivity contribution in [1.82, 2.24) is 16.2 Å². The maximum absolute atomic E-state index is 12.1. The van der Waals surface area contributed by atoms with E-state index in [4.69, 9.17) is 21.7 Å². The molecule has 1 amide bonds. The third-order valence-electron chi connectivity index (χ3n) is 5.17. The Bertz CT molecular complexity index is 693. The fourth-order valence-corrected chi connectivity index (χ4v) is 3.56. The number of rotatable bonds is 5. The number of carbonyl (C=O) groups excluding carboxylic acids is 1. The van der Waals surface area contributed by atoms with Crippen molar-refractivity contribution >= 4 is 29.3 Å². The first-order valence-electron chi connectivity index (χ1n) is 9.21. The van der Waals surface area contributed by atoms with E-state index in [1.165, 1.54) is 18.9 Å². The molecular formula is C20H29N3O3S. The number of para-hydroxylation sites is 1. The monoisotopic (exact) mass is 391 g/mol. The normalized spacial score (nSPS) is 22.1. The number of benzene rings is 1. The third kappa shape index (κ3) is 5.85. The highest BCUT2D eigenvalue weighted by Gasteiger charge is 2.27. The minimum Gasteiger partial charge on any atom is -0.493 e. The number of ether oxygens (including phenoxy) is 2. The van der Waals surface area contributed by atoms with Crippen LogP contribution in [0, 0.1) is 11.8 Å². The lowest BCUT2D eigenvalue weighted by molar-refractivity contribution is -0.116. The molecule has 0 bridgehead atoms. The molecule has 0 spiro atoms. The van der Waals surface area contributed by atoms with Gasteiger partial charge in [-0.25, -0.2) is 0 Å². The molecule has 1 aliphatic rings. The minimum absolute atomic E-state index is 0.311. The zero-order chi connectivity index (χ0) is 19.8. The van der Waals surface area contributed by atoms with Crippen molar-refractivity contribution in [3.05, 3.63) is 29.8 Å². The number of thiocarbonyl (C=S) groups is 1. The molecule has 2 rings (SSSR count). The molecule has 0 radical (unpaired) electrons. The zero-order valence-corrected chi connectivity index (χ0v) is 17.2. The SMILES string of the molecule is COc1cccc(/C=C/C(=O)NNC(=S)N[C@@H]2CCC[C@H](C)[C@H]2C)c1OC. The van der Waals surface area contributed by atoms with Crippen LogP contribution in [0.4, 0.5) is 0 Å². The van der Waals surface area contributed by atoms with Crippen LogP contribution >= 0.6 is 12.2 Å². The summed E-state index contributed by atoms with van der Waals surface area (Å²) in [5.41, 5.74) is 6.10. The molecule has 0 saturated heterocycles. The molecule has 0 unspecified atom stereocenters. The molecule has 27 heavy (non-hydrogen) atoms. The summed E-state index contributed by atoms with van der Waals surface area (Å²) in [6, 6.07) is 5.82. The summed E-state index contributed by atoms with van der Waals surface area (Å²) in [5.74, 6) is 2.10. The molecule has 1 aliphatic carbocycles. The lowest BCUT2D eigenvalue weighted by Crippen LogP contribution is -2.52. The molecule has 0 aliphatic heterocycles. The van der Waals surface area contributed by atoms with Crippen molar-refractivity contribution < 1.29 is 14.3 Å². The molecule has 6 nitrogen and oxygen atoms in total. The maximum Gasteiger partial charge on any atom is 0.262 e. The van der Waals surface area contributed by atoms with E-state index in [1.54, 1.807) is 26.4 Å². The van der Waals surface area contributed by atoms with E-state index in [0.717, 1.165) is 12.0 Å². The average molecular weight is 392 g/mol. The predicted molar refractivity (Wildman–Crippen MR) is 112 cm³/mol. The van der Waals surface area contributed by atoms with Crippen LogP contribution in [-0.4, -0.2) is 31.3 Å².